The van der Waals surface area contributed by atoms with Gasteiger partial charge in [0, 0.05) is 18.5 Å². The first-order valence-corrected chi connectivity index (χ1v) is 5.43. The maximum atomic E-state index is 11.7. The van der Waals surface area contributed by atoms with Crippen LogP contribution in [0.5, 0.6) is 0 Å². The zero-order chi connectivity index (χ0) is 11.0. The molecule has 2 rings (SSSR count). The number of carbonyl (C=O) groups is 2. The Labute approximate surface area is 90.4 Å². The molecule has 0 radical (unpaired) electrons. The van der Waals surface area contributed by atoms with Gasteiger partial charge >= 0.3 is 5.97 Å². The Hall–Kier alpha value is -1.43. The Morgan fingerprint density at radius 2 is 2.27 bits per heavy atom. The van der Waals surface area contributed by atoms with Crippen LogP contribution >= 0.6 is 11.3 Å². The first-order valence-electron chi connectivity index (χ1n) is 4.55. The molecule has 1 saturated carbocycles. The van der Waals surface area contributed by atoms with Crippen LogP contribution in [0.4, 0.5) is 0 Å². The quantitative estimate of drug-likeness (QED) is 0.837. The van der Waals surface area contributed by atoms with Gasteiger partial charge in [-0.3, -0.25) is 4.79 Å². The van der Waals surface area contributed by atoms with E-state index in [1.165, 1.54) is 5.38 Å². The largest absolute Gasteiger partial charge is 0.476 e. The van der Waals surface area contributed by atoms with Gasteiger partial charge in [-0.15, -0.1) is 11.3 Å². The van der Waals surface area contributed by atoms with E-state index in [1.54, 1.807) is 11.9 Å². The molecule has 15 heavy (non-hydrogen) atoms. The maximum Gasteiger partial charge on any atom is 0.355 e. The predicted octanol–water partition coefficient (Wildman–Crippen LogP) is 1.08. The molecule has 1 aromatic heterocycles. The molecule has 1 fully saturated rings. The van der Waals surface area contributed by atoms with Gasteiger partial charge in [-0.2, -0.15) is 0 Å². The number of carbonyl (C=O) groups excluding carboxylic acids is 1. The average molecular weight is 226 g/mol. The Morgan fingerprint density at radius 3 is 2.73 bits per heavy atom. The molecule has 0 unspecified atom stereocenters. The van der Waals surface area contributed by atoms with E-state index in [1.807, 2.05) is 0 Å². The molecule has 0 aromatic carbocycles. The van der Waals surface area contributed by atoms with Crippen LogP contribution in [-0.4, -0.2) is 40.0 Å². The molecule has 0 atom stereocenters. The molecule has 1 heterocycles. The van der Waals surface area contributed by atoms with E-state index in [4.69, 9.17) is 5.11 Å². The number of aromatic nitrogens is 1. The highest BCUT2D eigenvalue weighted by Gasteiger charge is 2.31. The summed E-state index contributed by atoms with van der Waals surface area (Å²) in [6, 6.07) is 0.315. The molecule has 80 valence electrons. The second kappa shape index (κ2) is 3.62. The summed E-state index contributed by atoms with van der Waals surface area (Å²) >= 11 is 1.08. The van der Waals surface area contributed by atoms with Crippen LogP contribution in [0.1, 0.15) is 33.1 Å². The lowest BCUT2D eigenvalue weighted by Crippen LogP contribution is -2.28. The van der Waals surface area contributed by atoms with Gasteiger partial charge in [0.25, 0.3) is 5.91 Å². The molecule has 1 aliphatic carbocycles. The van der Waals surface area contributed by atoms with E-state index < -0.39 is 5.97 Å². The number of rotatable bonds is 3. The molecule has 1 amide bonds. The van der Waals surface area contributed by atoms with E-state index in [0.29, 0.717) is 6.04 Å². The Bertz CT molecular complexity index is 411. The number of aromatic carboxylic acids is 1. The molecular weight excluding hydrogens is 216 g/mol. The monoisotopic (exact) mass is 226 g/mol. The smallest absolute Gasteiger partial charge is 0.355 e. The van der Waals surface area contributed by atoms with Gasteiger partial charge in [-0.05, 0) is 12.8 Å². The molecule has 1 aliphatic rings. The Balaban J connectivity index is 2.14. The van der Waals surface area contributed by atoms with E-state index in [-0.39, 0.29) is 16.6 Å². The van der Waals surface area contributed by atoms with Gasteiger partial charge in [0.1, 0.15) is 0 Å². The summed E-state index contributed by atoms with van der Waals surface area (Å²) in [7, 11) is 1.72. The van der Waals surface area contributed by atoms with E-state index >= 15 is 0 Å². The second-order valence-corrected chi connectivity index (χ2v) is 4.35. The number of carboxylic acid groups (broad SMARTS) is 1. The summed E-state index contributed by atoms with van der Waals surface area (Å²) in [6.45, 7) is 0. The number of hydrogen-bond acceptors (Lipinski definition) is 4. The van der Waals surface area contributed by atoms with Crippen LogP contribution in [0, 0.1) is 0 Å². The van der Waals surface area contributed by atoms with Crippen molar-refractivity contribution >= 4 is 23.2 Å². The fraction of sp³-hybridized carbons (Fsp3) is 0.444. The summed E-state index contributed by atoms with van der Waals surface area (Å²) in [5.41, 5.74) is -0.0625. The third-order valence-electron chi connectivity index (χ3n) is 2.32. The minimum Gasteiger partial charge on any atom is -0.476 e. The van der Waals surface area contributed by atoms with Crippen LogP contribution in [0.25, 0.3) is 0 Å². The highest BCUT2D eigenvalue weighted by Crippen LogP contribution is 2.27. The van der Waals surface area contributed by atoms with Gasteiger partial charge in [0.2, 0.25) is 0 Å². The van der Waals surface area contributed by atoms with Crippen molar-refractivity contribution in [1.82, 2.24) is 9.88 Å². The predicted molar refractivity (Wildman–Crippen MR) is 54.2 cm³/mol. The van der Waals surface area contributed by atoms with Crippen LogP contribution in [-0.2, 0) is 0 Å². The van der Waals surface area contributed by atoms with Crippen LogP contribution in [0.3, 0.4) is 0 Å². The van der Waals surface area contributed by atoms with Crippen molar-refractivity contribution in [2.24, 2.45) is 0 Å². The SMILES string of the molecule is CN(C(=O)c1nc(C(=O)O)cs1)C1CC1. The van der Waals surface area contributed by atoms with Crippen LogP contribution in [0.15, 0.2) is 5.38 Å². The molecule has 1 N–H and O–H groups in total. The number of nitrogens with zero attached hydrogens (tertiary/aromatic N) is 2. The lowest BCUT2D eigenvalue weighted by atomic mass is 10.5. The van der Waals surface area contributed by atoms with Crippen molar-refractivity contribution in [3.8, 4) is 0 Å². The summed E-state index contributed by atoms with van der Waals surface area (Å²) in [4.78, 5) is 27.7. The number of hydrogen-bond donors (Lipinski definition) is 1. The van der Waals surface area contributed by atoms with Gasteiger partial charge in [0.15, 0.2) is 10.7 Å². The van der Waals surface area contributed by atoms with Crippen molar-refractivity contribution in [2.75, 3.05) is 7.05 Å². The zero-order valence-electron chi connectivity index (χ0n) is 8.14. The Kier molecular flexibility index (Phi) is 2.44. The third kappa shape index (κ3) is 1.99. The molecule has 1 aromatic rings. The first kappa shape index (κ1) is 10.1. The summed E-state index contributed by atoms with van der Waals surface area (Å²) in [5.74, 6) is -1.28. The highest BCUT2D eigenvalue weighted by molar-refractivity contribution is 7.11. The molecular formula is C9H10N2O3S. The van der Waals surface area contributed by atoms with Gasteiger partial charge in [-0.1, -0.05) is 0 Å². The van der Waals surface area contributed by atoms with Crippen molar-refractivity contribution < 1.29 is 14.7 Å². The minimum absolute atomic E-state index is 0.0625. The lowest BCUT2D eigenvalue weighted by molar-refractivity contribution is 0.0691. The van der Waals surface area contributed by atoms with E-state index in [9.17, 15) is 9.59 Å². The topological polar surface area (TPSA) is 70.5 Å². The molecule has 6 heteroatoms. The fourth-order valence-electron chi connectivity index (χ4n) is 1.25. The second-order valence-electron chi connectivity index (χ2n) is 3.49. The molecule has 0 aliphatic heterocycles. The van der Waals surface area contributed by atoms with Gasteiger partial charge < -0.3 is 10.0 Å². The highest BCUT2D eigenvalue weighted by atomic mass is 32.1. The number of amides is 1. The lowest BCUT2D eigenvalue weighted by Gasteiger charge is -2.13. The van der Waals surface area contributed by atoms with Crippen molar-refractivity contribution in [3.05, 3.63) is 16.1 Å². The first-order chi connectivity index (χ1) is 7.09. The van der Waals surface area contributed by atoms with Crippen molar-refractivity contribution in [3.63, 3.8) is 0 Å². The van der Waals surface area contributed by atoms with Crippen molar-refractivity contribution in [1.29, 1.82) is 0 Å². The average Bonchev–Trinajstić information content (AvgIpc) is 2.93. The van der Waals surface area contributed by atoms with E-state index in [2.05, 4.69) is 4.98 Å². The maximum absolute atomic E-state index is 11.7. The standard InChI is InChI=1S/C9H10N2O3S/c1-11(5-2-3-5)8(12)7-10-6(4-15-7)9(13)14/h4-5H,2-3H2,1H3,(H,13,14). The molecule has 0 bridgehead atoms. The summed E-state index contributed by atoms with van der Waals surface area (Å²) < 4.78 is 0. The van der Waals surface area contributed by atoms with Gasteiger partial charge in [-0.25, -0.2) is 9.78 Å². The zero-order valence-corrected chi connectivity index (χ0v) is 8.95. The number of carboxylic acids is 1. The molecule has 0 spiro atoms. The van der Waals surface area contributed by atoms with Crippen LogP contribution in [0.2, 0.25) is 0 Å². The van der Waals surface area contributed by atoms with Gasteiger partial charge in [0.05, 0.1) is 0 Å². The number of thiazole rings is 1. The molecule has 5 nitrogen and oxygen atoms in total. The fourth-order valence-corrected chi connectivity index (χ4v) is 2.02. The Morgan fingerprint density at radius 1 is 1.60 bits per heavy atom. The minimum atomic E-state index is -1.10. The van der Waals surface area contributed by atoms with Crippen LogP contribution < -0.4 is 0 Å². The third-order valence-corrected chi connectivity index (χ3v) is 3.15. The normalized spacial score (nSPS) is 15.0. The summed E-state index contributed by atoms with van der Waals surface area (Å²) in [5, 5.41) is 10.3. The van der Waals surface area contributed by atoms with Crippen molar-refractivity contribution in [2.45, 2.75) is 18.9 Å². The summed E-state index contributed by atoms with van der Waals surface area (Å²) in [6.07, 6.45) is 2.05. The van der Waals surface area contributed by atoms with E-state index in [0.717, 1.165) is 24.2 Å². The molecule has 0 saturated heterocycles.